The van der Waals surface area contributed by atoms with E-state index in [-0.39, 0.29) is 24.1 Å². The van der Waals surface area contributed by atoms with E-state index >= 15 is 0 Å². The maximum absolute atomic E-state index is 12.0. The van der Waals surface area contributed by atoms with Crippen molar-refractivity contribution in [2.24, 2.45) is 0 Å². The first-order valence-corrected chi connectivity index (χ1v) is 7.68. The van der Waals surface area contributed by atoms with E-state index in [9.17, 15) is 14.7 Å². The van der Waals surface area contributed by atoms with Crippen LogP contribution in [0.1, 0.15) is 28.9 Å². The van der Waals surface area contributed by atoms with Crippen molar-refractivity contribution in [2.75, 3.05) is 13.4 Å². The number of esters is 1. The van der Waals surface area contributed by atoms with Gasteiger partial charge in [0.2, 0.25) is 6.79 Å². The molecule has 0 spiro atoms. The van der Waals surface area contributed by atoms with Crippen molar-refractivity contribution in [3.05, 3.63) is 53.6 Å². The molecule has 0 radical (unpaired) electrons. The quantitative estimate of drug-likeness (QED) is 0.808. The van der Waals surface area contributed by atoms with Crippen molar-refractivity contribution < 1.29 is 28.9 Å². The molecular formula is C18H17NO6. The number of aromatic hydroxyl groups is 1. The summed E-state index contributed by atoms with van der Waals surface area (Å²) >= 11 is 0. The molecule has 0 saturated carbocycles. The van der Waals surface area contributed by atoms with Crippen LogP contribution >= 0.6 is 0 Å². The number of nitrogens with one attached hydrogen (secondary N) is 1. The molecule has 1 atom stereocenters. The molecule has 0 aromatic heterocycles. The zero-order valence-corrected chi connectivity index (χ0v) is 13.5. The molecule has 25 heavy (non-hydrogen) atoms. The number of phenolic OH excluding ortho intramolecular Hbond substituents is 1. The molecule has 2 N–H and O–H groups in total. The Morgan fingerprint density at radius 2 is 1.96 bits per heavy atom. The predicted octanol–water partition coefficient (Wildman–Crippen LogP) is 2.16. The maximum Gasteiger partial charge on any atom is 0.342 e. The molecule has 0 fully saturated rings. The Kier molecular flexibility index (Phi) is 4.74. The number of carbonyl (C=O) groups is 2. The summed E-state index contributed by atoms with van der Waals surface area (Å²) in [6, 6.07) is 11.1. The largest absolute Gasteiger partial charge is 0.507 e. The van der Waals surface area contributed by atoms with Gasteiger partial charge < -0.3 is 24.6 Å². The van der Waals surface area contributed by atoms with Crippen molar-refractivity contribution in [3.63, 3.8) is 0 Å². The summed E-state index contributed by atoms with van der Waals surface area (Å²) in [5, 5.41) is 12.3. The van der Waals surface area contributed by atoms with E-state index in [1.54, 1.807) is 31.2 Å². The Labute approximate surface area is 144 Å². The molecule has 0 saturated heterocycles. The third kappa shape index (κ3) is 3.82. The highest BCUT2D eigenvalue weighted by Crippen LogP contribution is 2.34. The number of amides is 1. The average molecular weight is 343 g/mol. The maximum atomic E-state index is 12.0. The van der Waals surface area contributed by atoms with Gasteiger partial charge in [0.05, 0.1) is 6.04 Å². The Morgan fingerprint density at radius 1 is 1.20 bits per heavy atom. The molecular weight excluding hydrogens is 326 g/mol. The number of carbonyl (C=O) groups excluding carboxylic acids is 2. The van der Waals surface area contributed by atoms with Crippen molar-refractivity contribution in [1.29, 1.82) is 0 Å². The second kappa shape index (κ2) is 7.12. The van der Waals surface area contributed by atoms with Gasteiger partial charge in [0, 0.05) is 0 Å². The van der Waals surface area contributed by atoms with Crippen molar-refractivity contribution in [3.8, 4) is 17.2 Å². The van der Waals surface area contributed by atoms with Gasteiger partial charge in [0.25, 0.3) is 5.91 Å². The second-order valence-electron chi connectivity index (χ2n) is 5.50. The minimum absolute atomic E-state index is 0.0131. The van der Waals surface area contributed by atoms with Crippen LogP contribution in [-0.4, -0.2) is 30.4 Å². The van der Waals surface area contributed by atoms with Gasteiger partial charge in [0.1, 0.15) is 11.3 Å². The fraction of sp³-hybridized carbons (Fsp3) is 0.222. The lowest BCUT2D eigenvalue weighted by Gasteiger charge is -2.15. The van der Waals surface area contributed by atoms with E-state index in [4.69, 9.17) is 14.2 Å². The molecule has 2 aromatic rings. The van der Waals surface area contributed by atoms with Crippen LogP contribution in [-0.2, 0) is 9.53 Å². The summed E-state index contributed by atoms with van der Waals surface area (Å²) in [6.07, 6.45) is 0. The molecule has 0 unspecified atom stereocenters. The van der Waals surface area contributed by atoms with Gasteiger partial charge in [-0.05, 0) is 36.8 Å². The lowest BCUT2D eigenvalue weighted by atomic mass is 10.1. The molecule has 130 valence electrons. The van der Waals surface area contributed by atoms with Crippen molar-refractivity contribution in [1.82, 2.24) is 5.32 Å². The van der Waals surface area contributed by atoms with Gasteiger partial charge >= 0.3 is 5.97 Å². The number of ether oxygens (including phenoxy) is 3. The Hall–Kier alpha value is -3.22. The molecule has 0 bridgehead atoms. The van der Waals surface area contributed by atoms with Gasteiger partial charge in [-0.2, -0.15) is 0 Å². The number of fused-ring (bicyclic) bond motifs is 1. The normalized spacial score (nSPS) is 13.2. The summed E-state index contributed by atoms with van der Waals surface area (Å²) in [5.74, 6) is -0.108. The highest BCUT2D eigenvalue weighted by atomic mass is 16.7. The van der Waals surface area contributed by atoms with Crippen LogP contribution in [0.2, 0.25) is 0 Å². The average Bonchev–Trinajstić information content (AvgIpc) is 3.07. The summed E-state index contributed by atoms with van der Waals surface area (Å²) in [4.78, 5) is 23.8. The highest BCUT2D eigenvalue weighted by molar-refractivity contribution is 5.93. The SMILES string of the molecule is C[C@H](NC(=O)COC(=O)c1ccccc1O)c1ccc2c(c1)OCO2. The summed E-state index contributed by atoms with van der Waals surface area (Å²) in [6.45, 7) is 1.55. The highest BCUT2D eigenvalue weighted by Gasteiger charge is 2.18. The number of phenols is 1. The molecule has 3 rings (SSSR count). The van der Waals surface area contributed by atoms with E-state index < -0.39 is 18.5 Å². The number of benzene rings is 2. The topological polar surface area (TPSA) is 94.1 Å². The second-order valence-corrected chi connectivity index (χ2v) is 5.50. The van der Waals surface area contributed by atoms with Gasteiger partial charge in [-0.15, -0.1) is 0 Å². The molecule has 1 aliphatic rings. The number of hydrogen-bond donors (Lipinski definition) is 2. The van der Waals surface area contributed by atoms with Crippen LogP contribution in [0.3, 0.4) is 0 Å². The van der Waals surface area contributed by atoms with E-state index in [1.165, 1.54) is 12.1 Å². The third-order valence-corrected chi connectivity index (χ3v) is 3.73. The summed E-state index contributed by atoms with van der Waals surface area (Å²) in [7, 11) is 0. The van der Waals surface area contributed by atoms with Crippen LogP contribution < -0.4 is 14.8 Å². The molecule has 7 heteroatoms. The smallest absolute Gasteiger partial charge is 0.342 e. The zero-order chi connectivity index (χ0) is 17.8. The summed E-state index contributed by atoms with van der Waals surface area (Å²) < 4.78 is 15.5. The number of rotatable bonds is 5. The standard InChI is InChI=1S/C18H17NO6/c1-11(12-6-7-15-16(8-12)25-10-24-15)19-17(21)9-23-18(22)13-4-2-3-5-14(13)20/h2-8,11,20H,9-10H2,1H3,(H,19,21)/t11-/m0/s1. The fourth-order valence-corrected chi connectivity index (χ4v) is 2.40. The minimum Gasteiger partial charge on any atom is -0.507 e. The molecule has 0 aliphatic carbocycles. The molecule has 1 aliphatic heterocycles. The first-order chi connectivity index (χ1) is 12.0. The van der Waals surface area contributed by atoms with Crippen LogP contribution in [0.5, 0.6) is 17.2 Å². The van der Waals surface area contributed by atoms with Gasteiger partial charge in [-0.1, -0.05) is 18.2 Å². The van der Waals surface area contributed by atoms with Crippen LogP contribution in [0.15, 0.2) is 42.5 Å². The number of hydrogen-bond acceptors (Lipinski definition) is 6. The minimum atomic E-state index is -0.760. The zero-order valence-electron chi connectivity index (χ0n) is 13.5. The summed E-state index contributed by atoms with van der Waals surface area (Å²) in [5.41, 5.74) is 0.851. The molecule has 1 amide bonds. The van der Waals surface area contributed by atoms with E-state index in [2.05, 4.69) is 5.32 Å². The van der Waals surface area contributed by atoms with Crippen LogP contribution in [0, 0.1) is 0 Å². The van der Waals surface area contributed by atoms with Crippen molar-refractivity contribution >= 4 is 11.9 Å². The fourth-order valence-electron chi connectivity index (χ4n) is 2.40. The first kappa shape index (κ1) is 16.6. The first-order valence-electron chi connectivity index (χ1n) is 7.68. The number of para-hydroxylation sites is 1. The van der Waals surface area contributed by atoms with Gasteiger partial charge in [-0.25, -0.2) is 4.79 Å². The van der Waals surface area contributed by atoms with Crippen LogP contribution in [0.4, 0.5) is 0 Å². The van der Waals surface area contributed by atoms with Crippen molar-refractivity contribution in [2.45, 2.75) is 13.0 Å². The van der Waals surface area contributed by atoms with Gasteiger partial charge in [0.15, 0.2) is 18.1 Å². The Balaban J connectivity index is 1.54. The van der Waals surface area contributed by atoms with E-state index in [0.717, 1.165) is 5.56 Å². The molecule has 2 aromatic carbocycles. The van der Waals surface area contributed by atoms with Gasteiger partial charge in [-0.3, -0.25) is 4.79 Å². The Morgan fingerprint density at radius 3 is 2.76 bits per heavy atom. The lowest BCUT2D eigenvalue weighted by Crippen LogP contribution is -2.31. The predicted molar refractivity (Wildman–Crippen MR) is 87.5 cm³/mol. The van der Waals surface area contributed by atoms with E-state index in [1.807, 2.05) is 6.07 Å². The van der Waals surface area contributed by atoms with E-state index in [0.29, 0.717) is 11.5 Å². The monoisotopic (exact) mass is 343 g/mol. The van der Waals surface area contributed by atoms with Crippen LogP contribution in [0.25, 0.3) is 0 Å². The lowest BCUT2D eigenvalue weighted by molar-refractivity contribution is -0.124. The molecule has 1 heterocycles. The third-order valence-electron chi connectivity index (χ3n) is 3.73. The molecule has 7 nitrogen and oxygen atoms in total. The Bertz CT molecular complexity index is 804.